The average molecular weight is 278 g/mol. The summed E-state index contributed by atoms with van der Waals surface area (Å²) in [6.45, 7) is 4.03. The lowest BCUT2D eigenvalue weighted by molar-refractivity contribution is -0.155. The zero-order chi connectivity index (χ0) is 14.2. The minimum absolute atomic E-state index is 0.00724. The van der Waals surface area contributed by atoms with Gasteiger partial charge in [0.1, 0.15) is 0 Å². The van der Waals surface area contributed by atoms with Crippen molar-refractivity contribution in [1.82, 2.24) is 5.32 Å². The molecule has 3 heteroatoms. The first-order valence-electron chi connectivity index (χ1n) is 8.54. The van der Waals surface area contributed by atoms with Crippen molar-refractivity contribution in [2.24, 2.45) is 28.4 Å². The second-order valence-electron chi connectivity index (χ2n) is 8.16. The van der Waals surface area contributed by atoms with E-state index in [1.807, 2.05) is 0 Å². The Hall–Kier alpha value is -0.570. The van der Waals surface area contributed by atoms with Gasteiger partial charge in [-0.15, -0.1) is 0 Å². The van der Waals surface area contributed by atoms with Crippen molar-refractivity contribution in [3.05, 3.63) is 0 Å². The second kappa shape index (κ2) is 5.32. The number of rotatable bonds is 6. The summed E-state index contributed by atoms with van der Waals surface area (Å²) in [7, 11) is 0. The van der Waals surface area contributed by atoms with E-state index < -0.39 is 0 Å². The summed E-state index contributed by atoms with van der Waals surface area (Å²) in [5.74, 6) is 2.01. The highest BCUT2D eigenvalue weighted by molar-refractivity contribution is 5.83. The lowest BCUT2D eigenvalue weighted by Crippen LogP contribution is -2.56. The molecule has 20 heavy (non-hydrogen) atoms. The van der Waals surface area contributed by atoms with E-state index in [2.05, 4.69) is 12.2 Å². The third-order valence-electron chi connectivity index (χ3n) is 6.00. The molecule has 4 saturated carbocycles. The van der Waals surface area contributed by atoms with E-state index in [-0.39, 0.29) is 5.41 Å². The highest BCUT2D eigenvalue weighted by Crippen LogP contribution is 2.65. The molecule has 4 aliphatic carbocycles. The SMILES string of the molecule is CC12CC3CC(C1)CC(C(=O)NCCCCCN)(C3)C2. The minimum atomic E-state index is -0.00724. The fourth-order valence-electron chi connectivity index (χ4n) is 5.82. The molecule has 3 N–H and O–H groups in total. The van der Waals surface area contributed by atoms with Gasteiger partial charge in [0.2, 0.25) is 5.91 Å². The maximum Gasteiger partial charge on any atom is 0.226 e. The van der Waals surface area contributed by atoms with Gasteiger partial charge in [0.15, 0.2) is 0 Å². The molecule has 2 unspecified atom stereocenters. The summed E-state index contributed by atoms with van der Waals surface area (Å²) in [6.07, 6.45) is 10.9. The number of carbonyl (C=O) groups is 1. The highest BCUT2D eigenvalue weighted by atomic mass is 16.2. The van der Waals surface area contributed by atoms with Gasteiger partial charge in [-0.25, -0.2) is 0 Å². The van der Waals surface area contributed by atoms with Gasteiger partial charge in [0, 0.05) is 6.54 Å². The Labute approximate surface area is 123 Å². The fourth-order valence-corrected chi connectivity index (χ4v) is 5.82. The molecule has 114 valence electrons. The summed E-state index contributed by atoms with van der Waals surface area (Å²) in [4.78, 5) is 12.7. The third-order valence-corrected chi connectivity index (χ3v) is 6.00. The Morgan fingerprint density at radius 3 is 2.45 bits per heavy atom. The monoisotopic (exact) mass is 278 g/mol. The second-order valence-corrected chi connectivity index (χ2v) is 8.16. The number of unbranched alkanes of at least 4 members (excludes halogenated alkanes) is 2. The van der Waals surface area contributed by atoms with E-state index in [4.69, 9.17) is 5.73 Å². The maximum atomic E-state index is 12.7. The van der Waals surface area contributed by atoms with Crippen LogP contribution in [0.4, 0.5) is 0 Å². The first-order valence-corrected chi connectivity index (χ1v) is 8.54. The normalized spacial score (nSPS) is 41.9. The van der Waals surface area contributed by atoms with Crippen LogP contribution in [0.25, 0.3) is 0 Å². The van der Waals surface area contributed by atoms with E-state index >= 15 is 0 Å². The van der Waals surface area contributed by atoms with E-state index in [1.54, 1.807) is 0 Å². The average Bonchev–Trinajstić information content (AvgIpc) is 2.35. The molecule has 4 bridgehead atoms. The van der Waals surface area contributed by atoms with Crippen molar-refractivity contribution in [2.75, 3.05) is 13.1 Å². The van der Waals surface area contributed by atoms with Crippen LogP contribution < -0.4 is 11.1 Å². The van der Waals surface area contributed by atoms with Gasteiger partial charge in [-0.1, -0.05) is 13.3 Å². The zero-order valence-corrected chi connectivity index (χ0v) is 12.9. The van der Waals surface area contributed by atoms with Crippen LogP contribution in [0.15, 0.2) is 0 Å². The predicted octanol–water partition coefficient (Wildman–Crippen LogP) is 2.84. The first kappa shape index (κ1) is 14.4. The number of carbonyl (C=O) groups excluding carboxylic acids is 1. The standard InChI is InChI=1S/C17H30N2O/c1-16-8-13-7-14(9-16)11-17(10-13,12-16)15(20)19-6-4-2-3-5-18/h13-14H,2-12,18H2,1H3,(H,19,20). The molecule has 0 saturated heterocycles. The topological polar surface area (TPSA) is 55.1 Å². The molecule has 0 aromatic carbocycles. The smallest absolute Gasteiger partial charge is 0.226 e. The van der Waals surface area contributed by atoms with Gasteiger partial charge in [-0.05, 0) is 75.2 Å². The van der Waals surface area contributed by atoms with E-state index in [0.29, 0.717) is 11.3 Å². The van der Waals surface area contributed by atoms with Crippen molar-refractivity contribution >= 4 is 5.91 Å². The van der Waals surface area contributed by atoms with Gasteiger partial charge in [-0.3, -0.25) is 4.79 Å². The Kier molecular flexibility index (Phi) is 3.83. The molecule has 0 radical (unpaired) electrons. The molecular formula is C17H30N2O. The largest absolute Gasteiger partial charge is 0.356 e. The number of amides is 1. The summed E-state index contributed by atoms with van der Waals surface area (Å²) >= 11 is 0. The van der Waals surface area contributed by atoms with Gasteiger partial charge >= 0.3 is 0 Å². The Morgan fingerprint density at radius 1 is 1.15 bits per heavy atom. The molecule has 0 aromatic rings. The molecule has 4 aliphatic rings. The quantitative estimate of drug-likeness (QED) is 0.734. The molecular weight excluding hydrogens is 248 g/mol. The highest BCUT2D eigenvalue weighted by Gasteiger charge is 2.58. The molecule has 3 nitrogen and oxygen atoms in total. The van der Waals surface area contributed by atoms with Crippen LogP contribution in [0.2, 0.25) is 0 Å². The van der Waals surface area contributed by atoms with Crippen LogP contribution in [0.3, 0.4) is 0 Å². The lowest BCUT2D eigenvalue weighted by atomic mass is 9.44. The molecule has 4 rings (SSSR count). The van der Waals surface area contributed by atoms with Crippen molar-refractivity contribution < 1.29 is 4.79 Å². The number of nitrogens with one attached hydrogen (secondary N) is 1. The molecule has 1 amide bonds. The zero-order valence-electron chi connectivity index (χ0n) is 12.9. The molecule has 0 aromatic heterocycles. The first-order chi connectivity index (χ1) is 9.55. The molecule has 0 heterocycles. The molecule has 0 spiro atoms. The van der Waals surface area contributed by atoms with Gasteiger partial charge in [-0.2, -0.15) is 0 Å². The Balaban J connectivity index is 1.57. The van der Waals surface area contributed by atoms with Crippen molar-refractivity contribution in [1.29, 1.82) is 0 Å². The van der Waals surface area contributed by atoms with E-state index in [0.717, 1.165) is 63.5 Å². The van der Waals surface area contributed by atoms with Gasteiger partial charge in [0.05, 0.1) is 5.41 Å². The van der Waals surface area contributed by atoms with Crippen molar-refractivity contribution in [3.63, 3.8) is 0 Å². The van der Waals surface area contributed by atoms with Crippen LogP contribution in [0, 0.1) is 22.7 Å². The summed E-state index contributed by atoms with van der Waals surface area (Å²) in [5.41, 5.74) is 5.95. The van der Waals surface area contributed by atoms with Crippen LogP contribution in [-0.4, -0.2) is 19.0 Å². The third kappa shape index (κ3) is 2.61. The van der Waals surface area contributed by atoms with Crippen LogP contribution in [-0.2, 0) is 4.79 Å². The summed E-state index contributed by atoms with van der Waals surface area (Å²) in [6, 6.07) is 0. The maximum absolute atomic E-state index is 12.7. The molecule has 4 fully saturated rings. The number of hydrogen-bond donors (Lipinski definition) is 2. The number of nitrogens with two attached hydrogens (primary N) is 1. The predicted molar refractivity (Wildman–Crippen MR) is 81.1 cm³/mol. The molecule has 0 aliphatic heterocycles. The number of hydrogen-bond acceptors (Lipinski definition) is 2. The van der Waals surface area contributed by atoms with E-state index in [9.17, 15) is 4.79 Å². The van der Waals surface area contributed by atoms with Gasteiger partial charge in [0.25, 0.3) is 0 Å². The summed E-state index contributed by atoms with van der Waals surface area (Å²) < 4.78 is 0. The van der Waals surface area contributed by atoms with E-state index in [1.165, 1.54) is 19.3 Å². The van der Waals surface area contributed by atoms with Crippen molar-refractivity contribution in [2.45, 2.75) is 64.7 Å². The van der Waals surface area contributed by atoms with Crippen LogP contribution in [0.1, 0.15) is 64.7 Å². The Bertz CT molecular complexity index is 365. The van der Waals surface area contributed by atoms with Crippen LogP contribution >= 0.6 is 0 Å². The minimum Gasteiger partial charge on any atom is -0.356 e. The Morgan fingerprint density at radius 2 is 1.85 bits per heavy atom. The summed E-state index contributed by atoms with van der Waals surface area (Å²) in [5, 5.41) is 3.24. The fraction of sp³-hybridized carbons (Fsp3) is 0.941. The lowest BCUT2D eigenvalue weighted by Gasteiger charge is -2.60. The van der Waals surface area contributed by atoms with Crippen molar-refractivity contribution in [3.8, 4) is 0 Å². The van der Waals surface area contributed by atoms with Gasteiger partial charge < -0.3 is 11.1 Å². The van der Waals surface area contributed by atoms with Crippen LogP contribution in [0.5, 0.6) is 0 Å². The molecule has 2 atom stereocenters.